The number of hydrogen-bond donors (Lipinski definition) is 1. The number of ether oxygens (including phenoxy) is 2. The highest BCUT2D eigenvalue weighted by Crippen LogP contribution is 2.26. The Bertz CT molecular complexity index is 572. The molecular formula is C14H17NO3. The van der Waals surface area contributed by atoms with Gasteiger partial charge in [-0.3, -0.25) is 0 Å². The summed E-state index contributed by atoms with van der Waals surface area (Å²) in [4.78, 5) is 14.8. The molecule has 0 bridgehead atoms. The predicted molar refractivity (Wildman–Crippen MR) is 70.2 cm³/mol. The molecule has 0 fully saturated rings. The molecule has 0 spiro atoms. The Kier molecular flexibility index (Phi) is 3.55. The quantitative estimate of drug-likeness (QED) is 0.845. The van der Waals surface area contributed by atoms with Gasteiger partial charge in [0.2, 0.25) is 0 Å². The van der Waals surface area contributed by atoms with Gasteiger partial charge in [-0.05, 0) is 44.5 Å². The van der Waals surface area contributed by atoms with Crippen LogP contribution in [0.3, 0.4) is 0 Å². The van der Waals surface area contributed by atoms with E-state index in [0.717, 1.165) is 22.2 Å². The molecule has 1 aromatic heterocycles. The van der Waals surface area contributed by atoms with Gasteiger partial charge < -0.3 is 14.5 Å². The minimum Gasteiger partial charge on any atom is -0.494 e. The smallest absolute Gasteiger partial charge is 0.355 e. The van der Waals surface area contributed by atoms with E-state index in [2.05, 4.69) is 4.98 Å². The highest BCUT2D eigenvalue weighted by atomic mass is 16.5. The number of benzene rings is 1. The zero-order valence-electron chi connectivity index (χ0n) is 10.9. The Hall–Kier alpha value is -1.97. The van der Waals surface area contributed by atoms with E-state index >= 15 is 0 Å². The Morgan fingerprint density at radius 2 is 2.06 bits per heavy atom. The second-order valence-corrected chi connectivity index (χ2v) is 3.99. The molecule has 4 nitrogen and oxygen atoms in total. The van der Waals surface area contributed by atoms with Crippen molar-refractivity contribution < 1.29 is 14.3 Å². The van der Waals surface area contributed by atoms with E-state index in [0.29, 0.717) is 18.9 Å². The van der Waals surface area contributed by atoms with Gasteiger partial charge in [-0.1, -0.05) is 0 Å². The van der Waals surface area contributed by atoms with Gasteiger partial charge in [-0.25, -0.2) is 4.79 Å². The second kappa shape index (κ2) is 5.12. The first-order chi connectivity index (χ1) is 8.67. The fraction of sp³-hybridized carbons (Fsp3) is 0.357. The van der Waals surface area contributed by atoms with Gasteiger partial charge in [0.05, 0.1) is 13.2 Å². The molecule has 2 rings (SSSR count). The molecule has 1 N–H and O–H groups in total. The van der Waals surface area contributed by atoms with Crippen molar-refractivity contribution in [2.24, 2.45) is 0 Å². The van der Waals surface area contributed by atoms with Crippen LogP contribution in [0.1, 0.15) is 29.9 Å². The summed E-state index contributed by atoms with van der Waals surface area (Å²) in [6, 6.07) is 5.74. The molecule has 0 aliphatic heterocycles. The van der Waals surface area contributed by atoms with Gasteiger partial charge in [0.1, 0.15) is 11.4 Å². The second-order valence-electron chi connectivity index (χ2n) is 3.99. The summed E-state index contributed by atoms with van der Waals surface area (Å²) < 4.78 is 10.5. The van der Waals surface area contributed by atoms with Crippen molar-refractivity contribution in [3.63, 3.8) is 0 Å². The van der Waals surface area contributed by atoms with Crippen molar-refractivity contribution in [1.29, 1.82) is 0 Å². The number of fused-ring (bicyclic) bond motifs is 1. The maximum absolute atomic E-state index is 11.8. The summed E-state index contributed by atoms with van der Waals surface area (Å²) >= 11 is 0. The van der Waals surface area contributed by atoms with Crippen LogP contribution in [0.5, 0.6) is 5.75 Å². The first-order valence-corrected chi connectivity index (χ1v) is 6.09. The summed E-state index contributed by atoms with van der Waals surface area (Å²) in [5, 5.41) is 0.990. The molecule has 0 aliphatic carbocycles. The van der Waals surface area contributed by atoms with Crippen molar-refractivity contribution in [3.8, 4) is 5.75 Å². The van der Waals surface area contributed by atoms with Gasteiger partial charge >= 0.3 is 5.97 Å². The minimum absolute atomic E-state index is 0.316. The summed E-state index contributed by atoms with van der Waals surface area (Å²) in [7, 11) is 0. The van der Waals surface area contributed by atoms with Crippen LogP contribution < -0.4 is 4.74 Å². The molecule has 1 heterocycles. The summed E-state index contributed by atoms with van der Waals surface area (Å²) in [5.74, 6) is 0.492. The van der Waals surface area contributed by atoms with Crippen LogP contribution in [0.2, 0.25) is 0 Å². The minimum atomic E-state index is -0.316. The fourth-order valence-corrected chi connectivity index (χ4v) is 1.97. The van der Waals surface area contributed by atoms with Crippen LogP contribution in [0.4, 0.5) is 0 Å². The summed E-state index contributed by atoms with van der Waals surface area (Å²) in [5.41, 5.74) is 2.32. The first kappa shape index (κ1) is 12.5. The lowest BCUT2D eigenvalue weighted by atomic mass is 10.1. The summed E-state index contributed by atoms with van der Waals surface area (Å²) in [6.45, 7) is 6.64. The zero-order chi connectivity index (χ0) is 13.1. The van der Waals surface area contributed by atoms with E-state index in [1.165, 1.54) is 0 Å². The number of aromatic nitrogens is 1. The van der Waals surface area contributed by atoms with Crippen LogP contribution in [0.15, 0.2) is 18.2 Å². The molecule has 0 atom stereocenters. The molecule has 0 amide bonds. The number of H-pyrrole nitrogens is 1. The number of aryl methyl sites for hydroxylation is 1. The van der Waals surface area contributed by atoms with Crippen molar-refractivity contribution in [1.82, 2.24) is 4.98 Å². The number of aromatic amines is 1. The lowest BCUT2D eigenvalue weighted by Crippen LogP contribution is -2.06. The monoisotopic (exact) mass is 247 g/mol. The third-order valence-electron chi connectivity index (χ3n) is 2.82. The van der Waals surface area contributed by atoms with E-state index < -0.39 is 0 Å². The van der Waals surface area contributed by atoms with Crippen molar-refractivity contribution in [3.05, 3.63) is 29.5 Å². The molecule has 0 aliphatic rings. The highest BCUT2D eigenvalue weighted by molar-refractivity contribution is 5.98. The molecule has 96 valence electrons. The predicted octanol–water partition coefficient (Wildman–Crippen LogP) is 3.05. The number of carbonyl (C=O) groups excluding carboxylic acids is 1. The molecule has 2 aromatic rings. The number of esters is 1. The summed E-state index contributed by atoms with van der Waals surface area (Å²) in [6.07, 6.45) is 0. The van der Waals surface area contributed by atoms with Gasteiger partial charge in [0.15, 0.2) is 0 Å². The van der Waals surface area contributed by atoms with E-state index in [-0.39, 0.29) is 5.97 Å². The average molecular weight is 247 g/mol. The largest absolute Gasteiger partial charge is 0.494 e. The Morgan fingerprint density at radius 1 is 1.28 bits per heavy atom. The Labute approximate surface area is 106 Å². The molecule has 0 unspecified atom stereocenters. The SMILES string of the molecule is CCOC(=O)c1[nH]c2ccc(OCC)cc2c1C. The molecule has 1 aromatic carbocycles. The van der Waals surface area contributed by atoms with Crippen LogP contribution in [-0.4, -0.2) is 24.2 Å². The molecule has 0 saturated carbocycles. The Balaban J connectivity index is 2.46. The standard InChI is InChI=1S/C14H17NO3/c1-4-17-10-6-7-12-11(8-10)9(3)13(15-12)14(16)18-5-2/h6-8,15H,4-5H2,1-3H3. The highest BCUT2D eigenvalue weighted by Gasteiger charge is 2.15. The lowest BCUT2D eigenvalue weighted by Gasteiger charge is -2.02. The lowest BCUT2D eigenvalue weighted by molar-refractivity contribution is 0.0520. The van der Waals surface area contributed by atoms with Crippen LogP contribution >= 0.6 is 0 Å². The zero-order valence-corrected chi connectivity index (χ0v) is 10.9. The topological polar surface area (TPSA) is 51.3 Å². The maximum Gasteiger partial charge on any atom is 0.355 e. The van der Waals surface area contributed by atoms with Crippen LogP contribution in [-0.2, 0) is 4.74 Å². The van der Waals surface area contributed by atoms with E-state index in [9.17, 15) is 4.79 Å². The van der Waals surface area contributed by atoms with Gasteiger partial charge in [-0.15, -0.1) is 0 Å². The third-order valence-corrected chi connectivity index (χ3v) is 2.82. The maximum atomic E-state index is 11.8. The molecule has 18 heavy (non-hydrogen) atoms. The van der Waals surface area contributed by atoms with Crippen LogP contribution in [0, 0.1) is 6.92 Å². The van der Waals surface area contributed by atoms with Crippen molar-refractivity contribution in [2.75, 3.05) is 13.2 Å². The number of hydrogen-bond acceptors (Lipinski definition) is 3. The van der Waals surface area contributed by atoms with Crippen molar-refractivity contribution >= 4 is 16.9 Å². The molecule has 0 saturated heterocycles. The molecular weight excluding hydrogens is 230 g/mol. The molecule has 4 heteroatoms. The number of rotatable bonds is 4. The van der Waals surface area contributed by atoms with E-state index in [4.69, 9.17) is 9.47 Å². The number of nitrogens with one attached hydrogen (secondary N) is 1. The van der Waals surface area contributed by atoms with Gasteiger partial charge in [0, 0.05) is 10.9 Å². The number of carbonyl (C=O) groups is 1. The fourth-order valence-electron chi connectivity index (χ4n) is 1.97. The van der Waals surface area contributed by atoms with E-state index in [1.54, 1.807) is 6.92 Å². The molecule has 0 radical (unpaired) electrons. The van der Waals surface area contributed by atoms with Crippen LogP contribution in [0.25, 0.3) is 10.9 Å². The first-order valence-electron chi connectivity index (χ1n) is 6.09. The van der Waals surface area contributed by atoms with Gasteiger partial charge in [0.25, 0.3) is 0 Å². The average Bonchev–Trinajstić information content (AvgIpc) is 2.68. The van der Waals surface area contributed by atoms with Crippen molar-refractivity contribution in [2.45, 2.75) is 20.8 Å². The van der Waals surface area contributed by atoms with E-state index in [1.807, 2.05) is 32.0 Å². The third kappa shape index (κ3) is 2.18. The Morgan fingerprint density at radius 3 is 2.72 bits per heavy atom. The normalized spacial score (nSPS) is 10.6. The van der Waals surface area contributed by atoms with Gasteiger partial charge in [-0.2, -0.15) is 0 Å².